The molecule has 0 aliphatic carbocycles. The zero-order valence-electron chi connectivity index (χ0n) is 24.9. The van der Waals surface area contributed by atoms with Crippen molar-refractivity contribution in [2.24, 2.45) is 20.3 Å². The number of rotatable bonds is 10. The van der Waals surface area contributed by atoms with Crippen LogP contribution in [0.2, 0.25) is 10.0 Å². The maximum atomic E-state index is 13.1. The van der Waals surface area contributed by atoms with Gasteiger partial charge in [0.1, 0.15) is 25.4 Å². The van der Waals surface area contributed by atoms with E-state index in [4.69, 9.17) is 34.8 Å². The van der Waals surface area contributed by atoms with Gasteiger partial charge in [0.05, 0.1) is 36.9 Å². The number of carbonyl (C=O) groups excluding carboxylic acids is 1. The van der Waals surface area contributed by atoms with Gasteiger partial charge in [-0.25, -0.2) is 16.8 Å². The molecule has 1 aliphatic rings. The third-order valence-electron chi connectivity index (χ3n) is 6.09. The Kier molecular flexibility index (Phi) is 14.8. The smallest absolute Gasteiger partial charge is 0.862 e. The maximum Gasteiger partial charge on any atom is 1.00 e. The summed E-state index contributed by atoms with van der Waals surface area (Å²) in [4.78, 5) is 15.2. The Morgan fingerprint density at radius 1 is 0.979 bits per heavy atom. The Bertz CT molecular complexity index is 2160. The third-order valence-corrected chi connectivity index (χ3v) is 11.2. The average Bonchev–Trinajstić information content (AvgIpc) is 3.24. The van der Waals surface area contributed by atoms with Crippen LogP contribution in [-0.2, 0) is 34.9 Å². The molecule has 0 radical (unpaired) electrons. The molecule has 244 valence electrons. The van der Waals surface area contributed by atoms with Crippen molar-refractivity contribution >= 4 is 99.5 Å². The van der Waals surface area contributed by atoms with Crippen LogP contribution in [0.1, 0.15) is 13.3 Å². The number of benzene rings is 3. The largest absolute Gasteiger partial charge is 1.00 e. The first kappa shape index (κ1) is 42.7. The van der Waals surface area contributed by atoms with Crippen LogP contribution in [0.25, 0.3) is 0 Å². The van der Waals surface area contributed by atoms with Crippen molar-refractivity contribution in [1.29, 1.82) is 0 Å². The summed E-state index contributed by atoms with van der Waals surface area (Å²) in [6.45, 7) is 1.35. The number of aliphatic imine (C=N–C) groups is 1. The predicted molar refractivity (Wildman–Crippen MR) is 165 cm³/mol. The number of halogens is 3. The standard InChI is InChI=1S/C25H20Cl3N5O10S3.2Na/c1-13-24(25(35)33(32-13)19-10-17(27)21(11-16(19)26)46(41,42)43)31-30-18-9-14(7-8-20(18)45(38,39)40)29-23(34)12-22(28)44(36,37)15-5-3-2-4-6-15;;/h2-11,22,24H,12H2,1H3,(H,29,34)(H,38,39,40)(H,41,42,43);;/q;2*+1/p-2. The summed E-state index contributed by atoms with van der Waals surface area (Å²) in [6.07, 6.45) is -0.753. The van der Waals surface area contributed by atoms with Crippen molar-refractivity contribution < 1.29 is 103 Å². The summed E-state index contributed by atoms with van der Waals surface area (Å²) in [6, 6.07) is 10.1. The molecule has 0 fully saturated rings. The van der Waals surface area contributed by atoms with E-state index in [1.807, 2.05) is 0 Å². The second kappa shape index (κ2) is 16.7. The van der Waals surface area contributed by atoms with Gasteiger partial charge in [-0.05, 0) is 55.3 Å². The van der Waals surface area contributed by atoms with Gasteiger partial charge in [0, 0.05) is 6.42 Å². The van der Waals surface area contributed by atoms with Crippen LogP contribution >= 0.6 is 34.8 Å². The SMILES string of the molecule is CC1=NN(c2cc(Cl)c(S(=O)(=O)O)cc2Cl)C(=O)C1N=Nc1cc(N=C([O-])CC(Cl)S(=O)(=O)c2ccccc2)ccc1S(=O)(=O)[O-].[Na+].[Na+]. The van der Waals surface area contributed by atoms with Gasteiger partial charge in [0.25, 0.3) is 16.0 Å². The van der Waals surface area contributed by atoms with Crippen LogP contribution in [0.3, 0.4) is 0 Å². The molecule has 0 bridgehead atoms. The number of hydrogen-bond acceptors (Lipinski definition) is 13. The Morgan fingerprint density at radius 3 is 2.19 bits per heavy atom. The fourth-order valence-corrected chi connectivity index (χ4v) is 7.48. The summed E-state index contributed by atoms with van der Waals surface area (Å²) in [5.41, 5.74) is -1.02. The zero-order chi connectivity index (χ0) is 34.2. The van der Waals surface area contributed by atoms with Gasteiger partial charge in [-0.15, -0.1) is 11.6 Å². The summed E-state index contributed by atoms with van der Waals surface area (Å²) in [5.74, 6) is -1.89. The number of sulfone groups is 1. The molecular weight excluding hydrogens is 779 g/mol. The van der Waals surface area contributed by atoms with Crippen LogP contribution in [0.15, 0.2) is 95.7 Å². The fraction of sp³-hybridized carbons (Fsp3) is 0.160. The third kappa shape index (κ3) is 9.85. The van der Waals surface area contributed by atoms with Gasteiger partial charge < -0.3 is 9.66 Å². The molecular formula is C25H18Cl3N5Na2O10S3. The zero-order valence-corrected chi connectivity index (χ0v) is 33.6. The minimum absolute atomic E-state index is 0. The van der Waals surface area contributed by atoms with Gasteiger partial charge in [0.2, 0.25) is 0 Å². The van der Waals surface area contributed by atoms with Crippen molar-refractivity contribution in [3.8, 4) is 0 Å². The molecule has 1 heterocycles. The molecule has 0 aromatic heterocycles. The molecule has 23 heteroatoms. The summed E-state index contributed by atoms with van der Waals surface area (Å²) < 4.78 is 91.6. The van der Waals surface area contributed by atoms with Crippen LogP contribution < -0.4 is 69.2 Å². The Balaban J connectivity index is 0.00000400. The van der Waals surface area contributed by atoms with Gasteiger partial charge in [-0.2, -0.15) is 28.8 Å². The number of alkyl halides is 1. The molecule has 3 aromatic carbocycles. The van der Waals surface area contributed by atoms with E-state index in [2.05, 4.69) is 20.3 Å². The van der Waals surface area contributed by atoms with E-state index in [-0.39, 0.29) is 86.1 Å². The number of anilines is 1. The first-order chi connectivity index (χ1) is 21.3. The van der Waals surface area contributed by atoms with E-state index in [0.717, 1.165) is 35.3 Å². The molecule has 2 unspecified atom stereocenters. The minimum atomic E-state index is -5.16. The molecule has 1 amide bonds. The normalized spacial score (nSPS) is 16.3. The molecule has 3 aromatic rings. The number of hydrazone groups is 1. The molecule has 15 nitrogen and oxygen atoms in total. The van der Waals surface area contributed by atoms with Crippen LogP contribution in [-0.4, -0.2) is 62.6 Å². The molecule has 0 saturated carbocycles. The summed E-state index contributed by atoms with van der Waals surface area (Å²) >= 11 is 18.1. The van der Waals surface area contributed by atoms with E-state index in [9.17, 15) is 44.3 Å². The second-order valence-electron chi connectivity index (χ2n) is 9.30. The predicted octanol–water partition coefficient (Wildman–Crippen LogP) is -2.15. The van der Waals surface area contributed by atoms with E-state index in [1.165, 1.54) is 31.2 Å². The van der Waals surface area contributed by atoms with Gasteiger partial charge in [0.15, 0.2) is 15.9 Å². The van der Waals surface area contributed by atoms with Crippen molar-refractivity contribution in [1.82, 2.24) is 0 Å². The molecule has 0 saturated heterocycles. The molecule has 1 N–H and O–H groups in total. The van der Waals surface area contributed by atoms with Crippen LogP contribution in [0.4, 0.5) is 17.1 Å². The fourth-order valence-electron chi connectivity index (χ4n) is 3.92. The molecule has 48 heavy (non-hydrogen) atoms. The molecule has 1 aliphatic heterocycles. The number of hydrogen-bond donors (Lipinski definition) is 1. The van der Waals surface area contributed by atoms with Crippen molar-refractivity contribution in [2.45, 2.75) is 38.8 Å². The quantitative estimate of drug-likeness (QED) is 0.0583. The van der Waals surface area contributed by atoms with Crippen molar-refractivity contribution in [2.75, 3.05) is 5.01 Å². The molecule has 4 rings (SSSR count). The van der Waals surface area contributed by atoms with Crippen molar-refractivity contribution in [3.05, 3.63) is 70.7 Å². The summed E-state index contributed by atoms with van der Waals surface area (Å²) in [5, 5.41) is 24.0. The van der Waals surface area contributed by atoms with Crippen LogP contribution in [0, 0.1) is 0 Å². The minimum Gasteiger partial charge on any atom is -0.862 e. The first-order valence-electron chi connectivity index (χ1n) is 12.3. The summed E-state index contributed by atoms with van der Waals surface area (Å²) in [7, 11) is -14.0. The van der Waals surface area contributed by atoms with E-state index < -0.39 is 79.6 Å². The number of azo groups is 1. The van der Waals surface area contributed by atoms with Gasteiger partial charge >= 0.3 is 59.1 Å². The van der Waals surface area contributed by atoms with Crippen LogP contribution in [0.5, 0.6) is 0 Å². The van der Waals surface area contributed by atoms with Gasteiger partial charge in [-0.3, -0.25) is 14.3 Å². The Labute approximate surface area is 334 Å². The number of nitrogens with zero attached hydrogens (tertiary/aromatic N) is 5. The number of amides is 1. The van der Waals surface area contributed by atoms with Crippen molar-refractivity contribution in [3.63, 3.8) is 0 Å². The Hall–Kier alpha value is -1.49. The van der Waals surface area contributed by atoms with Gasteiger partial charge in [-0.1, -0.05) is 41.4 Å². The monoisotopic (exact) mass is 795 g/mol. The number of carbonyl (C=O) groups is 1. The molecule has 0 spiro atoms. The first-order valence-corrected chi connectivity index (χ1v) is 17.9. The van der Waals surface area contributed by atoms with E-state index in [1.54, 1.807) is 6.07 Å². The topological polar surface area (TPSA) is 239 Å². The van der Waals surface area contributed by atoms with E-state index >= 15 is 0 Å². The maximum absolute atomic E-state index is 13.1. The average molecular weight is 797 g/mol. The second-order valence-corrected chi connectivity index (χ2v) is 15.8. The molecule has 2 atom stereocenters. The van der Waals surface area contributed by atoms with E-state index in [0.29, 0.717) is 0 Å². The Morgan fingerprint density at radius 2 is 1.60 bits per heavy atom.